The molecule has 0 aliphatic carbocycles. The molecule has 4 N–H and O–H groups in total. The number of nitrogens with one attached hydrogen (secondary N) is 1. The van der Waals surface area contributed by atoms with Gasteiger partial charge in [0.05, 0.1) is 6.54 Å². The SMILES string of the molecule is Cl.Cl.N[C@@H](CCCCNC(=O)N1CCN(CC(=O)O)CC1)C(=O)OCc1cc(Cl)nc(Cl)c1. The van der Waals surface area contributed by atoms with Crippen LogP contribution in [-0.2, 0) is 20.9 Å². The van der Waals surface area contributed by atoms with Gasteiger partial charge in [-0.3, -0.25) is 14.5 Å². The number of halogens is 4. The summed E-state index contributed by atoms with van der Waals surface area (Å²) in [5.41, 5.74) is 6.49. The number of aliphatic carboxylic acids is 1. The van der Waals surface area contributed by atoms with Crippen LogP contribution in [0, 0.1) is 0 Å². The van der Waals surface area contributed by atoms with Crippen molar-refractivity contribution in [1.29, 1.82) is 0 Å². The molecular formula is C19H29Cl4N5O5. The quantitative estimate of drug-likeness (QED) is 0.230. The third-order valence-electron chi connectivity index (χ3n) is 4.74. The Morgan fingerprint density at radius 3 is 2.30 bits per heavy atom. The number of nitrogens with two attached hydrogens (primary N) is 1. The van der Waals surface area contributed by atoms with Gasteiger partial charge in [-0.2, -0.15) is 0 Å². The summed E-state index contributed by atoms with van der Waals surface area (Å²) in [6, 6.07) is 2.18. The lowest BCUT2D eigenvalue weighted by atomic mass is 10.1. The molecule has 33 heavy (non-hydrogen) atoms. The van der Waals surface area contributed by atoms with Gasteiger partial charge in [0.15, 0.2) is 0 Å². The van der Waals surface area contributed by atoms with Crippen molar-refractivity contribution in [3.63, 3.8) is 0 Å². The summed E-state index contributed by atoms with van der Waals surface area (Å²) < 4.78 is 5.18. The van der Waals surface area contributed by atoms with Crippen molar-refractivity contribution in [1.82, 2.24) is 20.1 Å². The number of rotatable bonds is 10. The molecule has 0 unspecified atom stereocenters. The number of carboxylic acid groups (broad SMARTS) is 1. The van der Waals surface area contributed by atoms with Crippen LogP contribution in [0.15, 0.2) is 12.1 Å². The Bertz CT molecular complexity index is 761. The number of carboxylic acids is 1. The maximum atomic E-state index is 12.2. The molecule has 0 saturated carbocycles. The normalized spacial score (nSPS) is 14.5. The molecule has 2 heterocycles. The predicted molar refractivity (Wildman–Crippen MR) is 129 cm³/mol. The molecule has 0 spiro atoms. The van der Waals surface area contributed by atoms with Crippen LogP contribution >= 0.6 is 48.0 Å². The van der Waals surface area contributed by atoms with Gasteiger partial charge < -0.3 is 25.8 Å². The molecule has 1 aromatic rings. The maximum Gasteiger partial charge on any atom is 0.323 e. The number of piperazine rings is 1. The average Bonchev–Trinajstić information content (AvgIpc) is 2.70. The summed E-state index contributed by atoms with van der Waals surface area (Å²) in [6.45, 7) is 2.51. The molecule has 188 valence electrons. The number of carbonyl (C=O) groups is 3. The van der Waals surface area contributed by atoms with Crippen molar-refractivity contribution in [2.75, 3.05) is 39.3 Å². The summed E-state index contributed by atoms with van der Waals surface area (Å²) in [5.74, 6) is -1.39. The van der Waals surface area contributed by atoms with Gasteiger partial charge in [0, 0.05) is 32.7 Å². The van der Waals surface area contributed by atoms with Crippen LogP contribution in [0.3, 0.4) is 0 Å². The molecule has 10 nitrogen and oxygen atoms in total. The van der Waals surface area contributed by atoms with Crippen molar-refractivity contribution in [3.05, 3.63) is 28.0 Å². The van der Waals surface area contributed by atoms with E-state index in [1.54, 1.807) is 21.9 Å². The standard InChI is InChI=1S/C19H27Cl2N5O5.2ClH/c20-15-9-13(10-16(21)24-15)12-31-18(29)14(22)3-1-2-4-23-19(30)26-7-5-25(6-8-26)11-17(27)28;;/h9-10,14H,1-8,11-12,22H2,(H,23,30)(H,27,28);2*1H/t14-;;/m0../s1. The smallest absolute Gasteiger partial charge is 0.323 e. The topological polar surface area (TPSA) is 138 Å². The van der Waals surface area contributed by atoms with Crippen molar-refractivity contribution >= 4 is 66.0 Å². The van der Waals surface area contributed by atoms with E-state index in [-0.39, 0.29) is 54.3 Å². The van der Waals surface area contributed by atoms with Gasteiger partial charge in [-0.1, -0.05) is 23.2 Å². The third-order valence-corrected chi connectivity index (χ3v) is 5.13. The Kier molecular flexibility index (Phi) is 15.4. The second kappa shape index (κ2) is 16.1. The van der Waals surface area contributed by atoms with E-state index in [1.165, 1.54) is 0 Å². The van der Waals surface area contributed by atoms with Crippen LogP contribution in [0.4, 0.5) is 4.79 Å². The zero-order chi connectivity index (χ0) is 22.8. The minimum absolute atomic E-state index is 0. The van der Waals surface area contributed by atoms with Crippen LogP contribution in [0.5, 0.6) is 0 Å². The Morgan fingerprint density at radius 1 is 1.12 bits per heavy atom. The second-order valence-electron chi connectivity index (χ2n) is 7.22. The van der Waals surface area contributed by atoms with Crippen LogP contribution in [0.1, 0.15) is 24.8 Å². The zero-order valence-electron chi connectivity index (χ0n) is 17.9. The van der Waals surface area contributed by atoms with E-state index < -0.39 is 18.0 Å². The fourth-order valence-electron chi connectivity index (χ4n) is 3.07. The lowest BCUT2D eigenvalue weighted by molar-refractivity contribution is -0.146. The molecule has 2 amide bonds. The molecule has 0 radical (unpaired) electrons. The first-order valence-corrected chi connectivity index (χ1v) is 10.7. The highest BCUT2D eigenvalue weighted by Gasteiger charge is 2.22. The van der Waals surface area contributed by atoms with E-state index >= 15 is 0 Å². The Balaban J connectivity index is 0.00000512. The first-order valence-electron chi connectivity index (χ1n) is 9.95. The number of nitrogens with zero attached hydrogens (tertiary/aromatic N) is 3. The largest absolute Gasteiger partial charge is 0.480 e. The maximum absolute atomic E-state index is 12.2. The van der Waals surface area contributed by atoms with E-state index in [1.807, 2.05) is 0 Å². The number of carbonyl (C=O) groups excluding carboxylic acids is 2. The molecule has 0 bridgehead atoms. The van der Waals surface area contributed by atoms with Crippen LogP contribution in [0.2, 0.25) is 10.3 Å². The van der Waals surface area contributed by atoms with Gasteiger partial charge in [-0.25, -0.2) is 9.78 Å². The van der Waals surface area contributed by atoms with Crippen LogP contribution < -0.4 is 11.1 Å². The first kappa shape index (κ1) is 31.4. The average molecular weight is 549 g/mol. The number of aromatic nitrogens is 1. The molecule has 1 aromatic heterocycles. The predicted octanol–water partition coefficient (Wildman–Crippen LogP) is 2.18. The van der Waals surface area contributed by atoms with Gasteiger partial charge in [-0.15, -0.1) is 24.8 Å². The van der Waals surface area contributed by atoms with Gasteiger partial charge >= 0.3 is 18.0 Å². The Labute approximate surface area is 214 Å². The molecule has 2 rings (SSSR count). The van der Waals surface area contributed by atoms with Crippen molar-refractivity contribution < 1.29 is 24.2 Å². The number of urea groups is 1. The Morgan fingerprint density at radius 2 is 1.73 bits per heavy atom. The molecule has 1 aliphatic heterocycles. The van der Waals surface area contributed by atoms with Crippen LogP contribution in [0.25, 0.3) is 0 Å². The molecule has 0 aromatic carbocycles. The Hall–Kier alpha value is -1.56. The number of pyridine rings is 1. The lowest BCUT2D eigenvalue weighted by Crippen LogP contribution is -2.52. The minimum Gasteiger partial charge on any atom is -0.480 e. The number of esters is 1. The van der Waals surface area contributed by atoms with E-state index in [4.69, 9.17) is 38.8 Å². The van der Waals surface area contributed by atoms with Gasteiger partial charge in [0.25, 0.3) is 0 Å². The fourth-order valence-corrected chi connectivity index (χ4v) is 3.58. The minimum atomic E-state index is -0.869. The first-order chi connectivity index (χ1) is 14.7. The number of unbranched alkanes of at least 4 members (excludes halogenated alkanes) is 1. The van der Waals surface area contributed by atoms with E-state index in [0.29, 0.717) is 57.5 Å². The van der Waals surface area contributed by atoms with Gasteiger partial charge in [0.1, 0.15) is 23.0 Å². The second-order valence-corrected chi connectivity index (χ2v) is 7.99. The van der Waals surface area contributed by atoms with Crippen molar-refractivity contribution in [2.45, 2.75) is 31.9 Å². The lowest BCUT2D eigenvalue weighted by Gasteiger charge is -2.33. The summed E-state index contributed by atoms with van der Waals surface area (Å²) in [7, 11) is 0. The number of ether oxygens (including phenoxy) is 1. The molecule has 1 saturated heterocycles. The summed E-state index contributed by atoms with van der Waals surface area (Å²) in [6.07, 6.45) is 1.75. The molecule has 14 heteroatoms. The van der Waals surface area contributed by atoms with Crippen molar-refractivity contribution in [3.8, 4) is 0 Å². The molecular weight excluding hydrogens is 520 g/mol. The highest BCUT2D eigenvalue weighted by Crippen LogP contribution is 2.15. The molecule has 1 aliphatic rings. The molecule has 1 fully saturated rings. The van der Waals surface area contributed by atoms with E-state index in [9.17, 15) is 14.4 Å². The van der Waals surface area contributed by atoms with Gasteiger partial charge in [-0.05, 0) is 37.0 Å². The van der Waals surface area contributed by atoms with E-state index in [0.717, 1.165) is 0 Å². The highest BCUT2D eigenvalue weighted by molar-refractivity contribution is 6.32. The van der Waals surface area contributed by atoms with Crippen molar-refractivity contribution in [2.24, 2.45) is 5.73 Å². The van der Waals surface area contributed by atoms with Gasteiger partial charge in [0.2, 0.25) is 0 Å². The van der Waals surface area contributed by atoms with Crippen LogP contribution in [-0.4, -0.2) is 83.2 Å². The number of hydrogen-bond donors (Lipinski definition) is 3. The van der Waals surface area contributed by atoms with E-state index in [2.05, 4.69) is 10.3 Å². The molecule has 1 atom stereocenters. The third kappa shape index (κ3) is 11.9. The summed E-state index contributed by atoms with van der Waals surface area (Å²) >= 11 is 11.6. The monoisotopic (exact) mass is 547 g/mol. The number of hydrogen-bond acceptors (Lipinski definition) is 7. The number of amides is 2. The summed E-state index contributed by atoms with van der Waals surface area (Å²) in [5, 5.41) is 12.1. The summed E-state index contributed by atoms with van der Waals surface area (Å²) in [4.78, 5) is 42.2. The highest BCUT2D eigenvalue weighted by atomic mass is 35.5. The zero-order valence-corrected chi connectivity index (χ0v) is 21.0. The fraction of sp³-hybridized carbons (Fsp3) is 0.579.